The third kappa shape index (κ3) is 6.20. The first-order valence-electron chi connectivity index (χ1n) is 13.9. The molecule has 8 heteroatoms. The van der Waals surface area contributed by atoms with E-state index >= 15 is 0 Å². The van der Waals surface area contributed by atoms with Crippen LogP contribution in [-0.4, -0.2) is 53.3 Å². The number of H-pyrrole nitrogens is 1. The van der Waals surface area contributed by atoms with E-state index in [1.807, 2.05) is 41.3 Å². The SMILES string of the molecule is CCOC(=O)c1cc2cc(CC(=O)C3C(c4ccccc4)CCN3C(=O)C3CCC(CN)CC3)ccc2[nH]1.Cl. The fourth-order valence-electron chi connectivity index (χ4n) is 6.28. The Labute approximate surface area is 235 Å². The van der Waals surface area contributed by atoms with E-state index in [0.29, 0.717) is 31.3 Å². The summed E-state index contributed by atoms with van der Waals surface area (Å²) in [5.41, 5.74) is 9.05. The Balaban J connectivity index is 0.00000353. The van der Waals surface area contributed by atoms with Crippen molar-refractivity contribution >= 4 is 41.0 Å². The van der Waals surface area contributed by atoms with Crippen molar-refractivity contribution < 1.29 is 19.1 Å². The molecule has 1 amide bonds. The van der Waals surface area contributed by atoms with Crippen LogP contribution >= 0.6 is 12.4 Å². The van der Waals surface area contributed by atoms with Gasteiger partial charge in [0.2, 0.25) is 5.91 Å². The fraction of sp³-hybridized carbons (Fsp3) is 0.452. The number of halogens is 1. The maximum Gasteiger partial charge on any atom is 0.354 e. The maximum atomic E-state index is 13.9. The number of aromatic nitrogens is 1. The maximum absolute atomic E-state index is 13.9. The zero-order valence-electron chi connectivity index (χ0n) is 22.4. The number of amides is 1. The molecule has 2 heterocycles. The summed E-state index contributed by atoms with van der Waals surface area (Å²) in [5.74, 6) is 0.241. The largest absolute Gasteiger partial charge is 0.461 e. The highest BCUT2D eigenvalue weighted by Crippen LogP contribution is 2.38. The molecule has 3 aromatic rings. The summed E-state index contributed by atoms with van der Waals surface area (Å²) in [4.78, 5) is 44.8. The molecule has 5 rings (SSSR count). The number of nitrogens with zero attached hydrogens (tertiary/aromatic N) is 1. The predicted octanol–water partition coefficient (Wildman–Crippen LogP) is 5.03. The highest BCUT2D eigenvalue weighted by atomic mass is 35.5. The number of likely N-dealkylation sites (tertiary alicyclic amines) is 1. The van der Waals surface area contributed by atoms with Crippen LogP contribution < -0.4 is 5.73 Å². The van der Waals surface area contributed by atoms with E-state index in [9.17, 15) is 14.4 Å². The second kappa shape index (κ2) is 12.8. The lowest BCUT2D eigenvalue weighted by molar-refractivity contribution is -0.142. The average Bonchev–Trinajstić information content (AvgIpc) is 3.58. The molecule has 2 fully saturated rings. The summed E-state index contributed by atoms with van der Waals surface area (Å²) in [6, 6.07) is 17.1. The Kier molecular flexibility index (Phi) is 9.46. The minimum Gasteiger partial charge on any atom is -0.461 e. The van der Waals surface area contributed by atoms with Crippen molar-refractivity contribution in [1.82, 2.24) is 9.88 Å². The molecule has 0 bridgehead atoms. The molecular formula is C31H38ClN3O4. The van der Waals surface area contributed by atoms with Gasteiger partial charge in [0, 0.05) is 35.7 Å². The van der Waals surface area contributed by atoms with Gasteiger partial charge in [0.1, 0.15) is 5.69 Å². The molecule has 0 spiro atoms. The van der Waals surface area contributed by atoms with Gasteiger partial charge in [-0.3, -0.25) is 9.59 Å². The number of carbonyl (C=O) groups excluding carboxylic acids is 3. The second-order valence-electron chi connectivity index (χ2n) is 10.7. The molecule has 2 atom stereocenters. The van der Waals surface area contributed by atoms with E-state index in [2.05, 4.69) is 17.1 Å². The Bertz CT molecular complexity index is 1300. The Morgan fingerprint density at radius 1 is 1.00 bits per heavy atom. The van der Waals surface area contributed by atoms with Gasteiger partial charge in [0.15, 0.2) is 5.78 Å². The molecule has 3 N–H and O–H groups in total. The van der Waals surface area contributed by atoms with Gasteiger partial charge in [0.05, 0.1) is 12.6 Å². The third-order valence-electron chi connectivity index (χ3n) is 8.33. The van der Waals surface area contributed by atoms with Gasteiger partial charge in [-0.05, 0) is 80.8 Å². The molecule has 39 heavy (non-hydrogen) atoms. The zero-order valence-corrected chi connectivity index (χ0v) is 23.3. The normalized spacial score (nSPS) is 22.9. The van der Waals surface area contributed by atoms with Crippen LogP contribution in [0.1, 0.15) is 66.6 Å². The van der Waals surface area contributed by atoms with Crippen LogP contribution in [0.15, 0.2) is 54.6 Å². The van der Waals surface area contributed by atoms with Crippen molar-refractivity contribution in [1.29, 1.82) is 0 Å². The lowest BCUT2D eigenvalue weighted by Crippen LogP contribution is -2.46. The van der Waals surface area contributed by atoms with Gasteiger partial charge in [-0.15, -0.1) is 12.4 Å². The first kappa shape index (κ1) is 28.8. The summed E-state index contributed by atoms with van der Waals surface area (Å²) in [6.07, 6.45) is 4.66. The van der Waals surface area contributed by atoms with Crippen molar-refractivity contribution in [2.75, 3.05) is 19.7 Å². The minimum absolute atomic E-state index is 0. The highest BCUT2D eigenvalue weighted by molar-refractivity contribution is 5.96. The lowest BCUT2D eigenvalue weighted by atomic mass is 9.81. The molecule has 1 aliphatic carbocycles. The smallest absolute Gasteiger partial charge is 0.354 e. The third-order valence-corrected chi connectivity index (χ3v) is 8.33. The number of nitrogens with two attached hydrogens (primary N) is 1. The van der Waals surface area contributed by atoms with Crippen LogP contribution in [-0.2, 0) is 20.7 Å². The Morgan fingerprint density at radius 2 is 1.74 bits per heavy atom. The predicted molar refractivity (Wildman–Crippen MR) is 154 cm³/mol. The van der Waals surface area contributed by atoms with E-state index in [0.717, 1.165) is 54.1 Å². The number of fused-ring (bicyclic) bond motifs is 1. The molecule has 208 valence electrons. The monoisotopic (exact) mass is 551 g/mol. The van der Waals surface area contributed by atoms with Crippen molar-refractivity contribution in [3.63, 3.8) is 0 Å². The van der Waals surface area contributed by atoms with Crippen LogP contribution in [0.25, 0.3) is 10.9 Å². The first-order valence-corrected chi connectivity index (χ1v) is 13.9. The summed E-state index contributed by atoms with van der Waals surface area (Å²) in [6.45, 7) is 3.36. The number of hydrogen-bond acceptors (Lipinski definition) is 5. The average molecular weight is 552 g/mol. The molecule has 1 aromatic heterocycles. The van der Waals surface area contributed by atoms with E-state index in [1.165, 1.54) is 0 Å². The van der Waals surface area contributed by atoms with E-state index < -0.39 is 12.0 Å². The number of carbonyl (C=O) groups is 3. The standard InChI is InChI=1S/C31H37N3O4.ClH/c1-2-38-31(37)27-18-24-16-21(10-13-26(24)33-27)17-28(35)29-25(22-6-4-3-5-7-22)14-15-34(29)30(36)23-11-8-20(19-32)9-12-23;/h3-7,10,13,16,18,20,23,25,29,33H,2,8-9,11-12,14-15,17,19,32H2,1H3;1H. The zero-order chi connectivity index (χ0) is 26.6. The highest BCUT2D eigenvalue weighted by Gasteiger charge is 2.44. The summed E-state index contributed by atoms with van der Waals surface area (Å²) < 4.78 is 5.10. The van der Waals surface area contributed by atoms with E-state index in [1.54, 1.807) is 13.0 Å². The number of ether oxygens (including phenoxy) is 1. The quantitative estimate of drug-likeness (QED) is 0.382. The number of Topliss-reactive ketones (excluding diaryl/α,β-unsaturated/α-hetero) is 1. The van der Waals surface area contributed by atoms with Gasteiger partial charge >= 0.3 is 5.97 Å². The van der Waals surface area contributed by atoms with Gasteiger partial charge in [-0.1, -0.05) is 36.4 Å². The van der Waals surface area contributed by atoms with Crippen LogP contribution in [0, 0.1) is 11.8 Å². The van der Waals surface area contributed by atoms with Crippen molar-refractivity contribution in [2.24, 2.45) is 17.6 Å². The van der Waals surface area contributed by atoms with Crippen LogP contribution in [0.5, 0.6) is 0 Å². The molecule has 1 aliphatic heterocycles. The molecule has 0 radical (unpaired) electrons. The number of esters is 1. The fourth-order valence-corrected chi connectivity index (χ4v) is 6.28. The van der Waals surface area contributed by atoms with Gasteiger partial charge in [-0.2, -0.15) is 0 Å². The first-order chi connectivity index (χ1) is 18.5. The number of benzene rings is 2. The second-order valence-corrected chi connectivity index (χ2v) is 10.7. The van der Waals surface area contributed by atoms with Gasteiger partial charge < -0.3 is 20.4 Å². The molecule has 1 saturated carbocycles. The van der Waals surface area contributed by atoms with Crippen LogP contribution in [0.2, 0.25) is 0 Å². The summed E-state index contributed by atoms with van der Waals surface area (Å²) in [7, 11) is 0. The molecule has 2 unspecified atom stereocenters. The number of nitrogens with one attached hydrogen (secondary N) is 1. The van der Waals surface area contributed by atoms with Gasteiger partial charge in [0.25, 0.3) is 0 Å². The Hall–Kier alpha value is -3.16. The van der Waals surface area contributed by atoms with Crippen LogP contribution in [0.3, 0.4) is 0 Å². The molecule has 1 saturated heterocycles. The van der Waals surface area contributed by atoms with Crippen molar-refractivity contribution in [3.8, 4) is 0 Å². The molecule has 2 aliphatic rings. The number of aromatic amines is 1. The minimum atomic E-state index is -0.478. The van der Waals surface area contributed by atoms with Gasteiger partial charge in [-0.25, -0.2) is 4.79 Å². The number of hydrogen-bond donors (Lipinski definition) is 2. The lowest BCUT2D eigenvalue weighted by Gasteiger charge is -2.33. The Morgan fingerprint density at radius 3 is 2.44 bits per heavy atom. The number of rotatable bonds is 8. The van der Waals surface area contributed by atoms with Crippen LogP contribution in [0.4, 0.5) is 0 Å². The molecule has 7 nitrogen and oxygen atoms in total. The van der Waals surface area contributed by atoms with E-state index in [-0.39, 0.29) is 42.4 Å². The summed E-state index contributed by atoms with van der Waals surface area (Å²) >= 11 is 0. The van der Waals surface area contributed by atoms with E-state index in [4.69, 9.17) is 10.5 Å². The summed E-state index contributed by atoms with van der Waals surface area (Å²) in [5, 5.41) is 0.856. The topological polar surface area (TPSA) is 105 Å². The van der Waals surface area contributed by atoms with Crippen molar-refractivity contribution in [3.05, 3.63) is 71.4 Å². The number of ketones is 1. The molecular weight excluding hydrogens is 514 g/mol. The molecule has 2 aromatic carbocycles. The van der Waals surface area contributed by atoms with Crippen molar-refractivity contribution in [2.45, 2.75) is 57.4 Å².